The maximum absolute atomic E-state index is 12.4. The summed E-state index contributed by atoms with van der Waals surface area (Å²) in [5, 5.41) is 11.7. The van der Waals surface area contributed by atoms with Crippen LogP contribution in [0.25, 0.3) is 0 Å². The van der Waals surface area contributed by atoms with Crippen molar-refractivity contribution in [2.24, 2.45) is 11.7 Å². The smallest absolute Gasteiger partial charge is 0.329 e. The second-order valence-electron chi connectivity index (χ2n) is 5.40. The van der Waals surface area contributed by atoms with E-state index in [0.29, 0.717) is 19.4 Å². The van der Waals surface area contributed by atoms with Crippen LogP contribution in [0.2, 0.25) is 0 Å². The highest BCUT2D eigenvalue weighted by Crippen LogP contribution is 2.30. The van der Waals surface area contributed by atoms with Gasteiger partial charge in [0.05, 0.1) is 0 Å². The second kappa shape index (κ2) is 5.46. The Morgan fingerprint density at radius 3 is 2.37 bits per heavy atom. The highest BCUT2D eigenvalue weighted by Gasteiger charge is 2.47. The van der Waals surface area contributed by atoms with Crippen LogP contribution in [0.5, 0.6) is 0 Å². The molecule has 0 aromatic rings. The molecular formula is C12H21N3O4. The average Bonchev–Trinajstić information content (AvgIpc) is 2.68. The molecule has 0 radical (unpaired) electrons. The standard InChI is InChI=1S/C12H21N3O4/c1-7(2)8(14-11(13)19)9(16)15-6-4-5-12(15,3)10(17)18/h7-8H,4-6H2,1-3H3,(H,17,18)(H3,13,14,19). The Morgan fingerprint density at radius 2 is 1.95 bits per heavy atom. The summed E-state index contributed by atoms with van der Waals surface area (Å²) in [6.07, 6.45) is 1.05. The molecule has 19 heavy (non-hydrogen) atoms. The summed E-state index contributed by atoms with van der Waals surface area (Å²) in [6, 6.07) is -1.59. The number of urea groups is 1. The monoisotopic (exact) mass is 271 g/mol. The number of nitrogens with one attached hydrogen (secondary N) is 1. The SMILES string of the molecule is CC(C)C(NC(N)=O)C(=O)N1CCCC1(C)C(=O)O. The van der Waals surface area contributed by atoms with Crippen molar-refractivity contribution in [3.63, 3.8) is 0 Å². The number of hydrogen-bond donors (Lipinski definition) is 3. The molecule has 0 bridgehead atoms. The van der Waals surface area contributed by atoms with Gasteiger partial charge in [0.2, 0.25) is 5.91 Å². The van der Waals surface area contributed by atoms with Crippen molar-refractivity contribution in [1.82, 2.24) is 10.2 Å². The number of primary amides is 1. The van der Waals surface area contributed by atoms with Gasteiger partial charge < -0.3 is 21.1 Å². The summed E-state index contributed by atoms with van der Waals surface area (Å²) in [5.74, 6) is -1.59. The first-order valence-corrected chi connectivity index (χ1v) is 6.31. The zero-order chi connectivity index (χ0) is 14.8. The van der Waals surface area contributed by atoms with Crippen LogP contribution >= 0.6 is 0 Å². The zero-order valence-corrected chi connectivity index (χ0v) is 11.5. The second-order valence-corrected chi connectivity index (χ2v) is 5.40. The van der Waals surface area contributed by atoms with Crippen LogP contribution in [0.15, 0.2) is 0 Å². The number of nitrogens with two attached hydrogens (primary N) is 1. The van der Waals surface area contributed by atoms with E-state index >= 15 is 0 Å². The Kier molecular flexibility index (Phi) is 4.39. The number of carboxylic acids is 1. The average molecular weight is 271 g/mol. The molecule has 1 heterocycles. The lowest BCUT2D eigenvalue weighted by molar-refractivity contribution is -0.156. The van der Waals surface area contributed by atoms with Crippen molar-refractivity contribution in [3.05, 3.63) is 0 Å². The third-order valence-corrected chi connectivity index (χ3v) is 3.60. The molecule has 1 fully saturated rings. The van der Waals surface area contributed by atoms with Crippen LogP contribution in [-0.4, -0.2) is 46.0 Å². The molecule has 4 N–H and O–H groups in total. The Hall–Kier alpha value is -1.79. The van der Waals surface area contributed by atoms with Crippen LogP contribution < -0.4 is 11.1 Å². The molecule has 1 saturated heterocycles. The number of aliphatic carboxylic acids is 1. The Morgan fingerprint density at radius 1 is 1.37 bits per heavy atom. The van der Waals surface area contributed by atoms with Crippen LogP contribution in [0, 0.1) is 5.92 Å². The number of likely N-dealkylation sites (tertiary alicyclic amines) is 1. The van der Waals surface area contributed by atoms with Crippen LogP contribution in [0.3, 0.4) is 0 Å². The van der Waals surface area contributed by atoms with E-state index in [0.717, 1.165) is 0 Å². The van der Waals surface area contributed by atoms with Gasteiger partial charge in [0.1, 0.15) is 11.6 Å². The van der Waals surface area contributed by atoms with Crippen molar-refractivity contribution in [2.45, 2.75) is 45.2 Å². The number of rotatable bonds is 4. The fourth-order valence-electron chi connectivity index (χ4n) is 2.37. The van der Waals surface area contributed by atoms with Crippen molar-refractivity contribution in [3.8, 4) is 0 Å². The van der Waals surface area contributed by atoms with Crippen LogP contribution in [-0.2, 0) is 9.59 Å². The minimum absolute atomic E-state index is 0.168. The fourth-order valence-corrected chi connectivity index (χ4v) is 2.37. The molecule has 1 aliphatic heterocycles. The molecule has 0 spiro atoms. The third kappa shape index (κ3) is 2.97. The molecule has 2 atom stereocenters. The van der Waals surface area contributed by atoms with Crippen molar-refractivity contribution < 1.29 is 19.5 Å². The van der Waals surface area contributed by atoms with Gasteiger partial charge in [-0.1, -0.05) is 13.8 Å². The molecule has 7 nitrogen and oxygen atoms in total. The van der Waals surface area contributed by atoms with Gasteiger partial charge in [-0.25, -0.2) is 9.59 Å². The normalized spacial score (nSPS) is 24.3. The lowest BCUT2D eigenvalue weighted by Crippen LogP contribution is -2.59. The zero-order valence-electron chi connectivity index (χ0n) is 11.5. The summed E-state index contributed by atoms with van der Waals surface area (Å²) in [7, 11) is 0. The van der Waals surface area contributed by atoms with E-state index < -0.39 is 29.5 Å². The van der Waals surface area contributed by atoms with Gasteiger partial charge in [0.25, 0.3) is 0 Å². The van der Waals surface area contributed by atoms with E-state index in [1.54, 1.807) is 13.8 Å². The predicted molar refractivity (Wildman–Crippen MR) is 68.3 cm³/mol. The van der Waals surface area contributed by atoms with Gasteiger partial charge in [-0.3, -0.25) is 4.79 Å². The Bertz CT molecular complexity index is 396. The van der Waals surface area contributed by atoms with Gasteiger partial charge in [-0.15, -0.1) is 0 Å². The molecule has 0 aromatic heterocycles. The largest absolute Gasteiger partial charge is 0.480 e. The number of nitrogens with zero attached hydrogens (tertiary/aromatic N) is 1. The number of amides is 3. The van der Waals surface area contributed by atoms with E-state index in [1.165, 1.54) is 11.8 Å². The minimum atomic E-state index is -1.20. The molecule has 1 aliphatic rings. The maximum Gasteiger partial charge on any atom is 0.329 e. The highest BCUT2D eigenvalue weighted by atomic mass is 16.4. The topological polar surface area (TPSA) is 113 Å². The summed E-state index contributed by atoms with van der Waals surface area (Å²) in [4.78, 5) is 36.1. The number of carbonyl (C=O) groups excluding carboxylic acids is 2. The third-order valence-electron chi connectivity index (χ3n) is 3.60. The van der Waals surface area contributed by atoms with Gasteiger partial charge in [-0.05, 0) is 25.7 Å². The molecule has 2 unspecified atom stereocenters. The van der Waals surface area contributed by atoms with Crippen molar-refractivity contribution >= 4 is 17.9 Å². The maximum atomic E-state index is 12.4. The lowest BCUT2D eigenvalue weighted by atomic mass is 9.96. The molecule has 0 aliphatic carbocycles. The first kappa shape index (κ1) is 15.3. The molecular weight excluding hydrogens is 250 g/mol. The molecule has 7 heteroatoms. The summed E-state index contributed by atoms with van der Waals surface area (Å²) in [5.41, 5.74) is 3.85. The fraction of sp³-hybridized carbons (Fsp3) is 0.750. The number of carbonyl (C=O) groups is 3. The quantitative estimate of drug-likeness (QED) is 0.675. The molecule has 0 aromatic carbocycles. The van der Waals surface area contributed by atoms with E-state index in [1.807, 2.05) is 0 Å². The van der Waals surface area contributed by atoms with E-state index in [9.17, 15) is 19.5 Å². The first-order chi connectivity index (χ1) is 8.70. The van der Waals surface area contributed by atoms with E-state index in [2.05, 4.69) is 5.32 Å². The van der Waals surface area contributed by atoms with E-state index in [4.69, 9.17) is 5.73 Å². The van der Waals surface area contributed by atoms with Crippen LogP contribution in [0.1, 0.15) is 33.6 Å². The van der Waals surface area contributed by atoms with Crippen molar-refractivity contribution in [2.75, 3.05) is 6.54 Å². The minimum Gasteiger partial charge on any atom is -0.480 e. The van der Waals surface area contributed by atoms with Crippen molar-refractivity contribution in [1.29, 1.82) is 0 Å². The molecule has 3 amide bonds. The molecule has 0 saturated carbocycles. The number of hydrogen-bond acceptors (Lipinski definition) is 3. The van der Waals surface area contributed by atoms with E-state index in [-0.39, 0.29) is 5.92 Å². The van der Waals surface area contributed by atoms with Gasteiger partial charge in [0.15, 0.2) is 0 Å². The highest BCUT2D eigenvalue weighted by molar-refractivity contribution is 5.92. The summed E-state index contributed by atoms with van der Waals surface area (Å²) in [6.45, 7) is 5.45. The summed E-state index contributed by atoms with van der Waals surface area (Å²) < 4.78 is 0. The number of carboxylic acid groups (broad SMARTS) is 1. The Labute approximate surface area is 112 Å². The van der Waals surface area contributed by atoms with Gasteiger partial charge in [-0.2, -0.15) is 0 Å². The predicted octanol–water partition coefficient (Wildman–Crippen LogP) is 0.145. The first-order valence-electron chi connectivity index (χ1n) is 6.31. The lowest BCUT2D eigenvalue weighted by Gasteiger charge is -2.35. The molecule has 1 rings (SSSR count). The van der Waals surface area contributed by atoms with Crippen LogP contribution in [0.4, 0.5) is 4.79 Å². The summed E-state index contributed by atoms with van der Waals surface area (Å²) >= 11 is 0. The van der Waals surface area contributed by atoms with Gasteiger partial charge >= 0.3 is 12.0 Å². The van der Waals surface area contributed by atoms with Gasteiger partial charge in [0, 0.05) is 6.54 Å². The Balaban J connectivity index is 2.96. The molecule has 108 valence electrons.